The van der Waals surface area contributed by atoms with Crippen LogP contribution >= 0.6 is 0 Å². The summed E-state index contributed by atoms with van der Waals surface area (Å²) in [5.41, 5.74) is -0.0460. The monoisotopic (exact) mass is 250 g/mol. The molecule has 0 saturated heterocycles. The normalized spacial score (nSPS) is 10.1. The molecule has 0 atom stereocenters. The number of rotatable bonds is 4. The van der Waals surface area contributed by atoms with Crippen molar-refractivity contribution in [1.82, 2.24) is 20.5 Å². The Morgan fingerprint density at radius 2 is 2.39 bits per heavy atom. The minimum absolute atomic E-state index is 0.0460. The molecule has 0 fully saturated rings. The van der Waals surface area contributed by atoms with Gasteiger partial charge in [-0.05, 0) is 12.1 Å². The first kappa shape index (κ1) is 12.0. The Hall–Kier alpha value is -2.44. The van der Waals surface area contributed by atoms with Crippen molar-refractivity contribution in [1.29, 1.82) is 0 Å². The maximum absolute atomic E-state index is 13.6. The van der Waals surface area contributed by atoms with Crippen molar-refractivity contribution in [3.63, 3.8) is 0 Å². The van der Waals surface area contributed by atoms with Crippen LogP contribution in [0.4, 0.5) is 4.39 Å². The number of nitrogens with one attached hydrogen (secondary N) is 2. The lowest BCUT2D eigenvalue weighted by Gasteiger charge is -2.06. The molecular weight excluding hydrogens is 239 g/mol. The van der Waals surface area contributed by atoms with Crippen LogP contribution in [0.25, 0.3) is 0 Å². The van der Waals surface area contributed by atoms with Crippen molar-refractivity contribution in [2.24, 2.45) is 0 Å². The Morgan fingerprint density at radius 3 is 3.00 bits per heavy atom. The van der Waals surface area contributed by atoms with E-state index >= 15 is 0 Å². The van der Waals surface area contributed by atoms with E-state index in [1.165, 1.54) is 25.6 Å². The van der Waals surface area contributed by atoms with E-state index in [-0.39, 0.29) is 12.1 Å². The zero-order chi connectivity index (χ0) is 13.0. The highest BCUT2D eigenvalue weighted by Crippen LogP contribution is 2.16. The van der Waals surface area contributed by atoms with Crippen LogP contribution < -0.4 is 10.1 Å². The first-order chi connectivity index (χ1) is 8.70. The van der Waals surface area contributed by atoms with Gasteiger partial charge < -0.3 is 10.1 Å². The second-order valence-electron chi connectivity index (χ2n) is 3.46. The minimum atomic E-state index is -0.635. The molecule has 0 spiro atoms. The van der Waals surface area contributed by atoms with Gasteiger partial charge in [-0.25, -0.2) is 9.37 Å². The predicted molar refractivity (Wildman–Crippen MR) is 60.5 cm³/mol. The summed E-state index contributed by atoms with van der Waals surface area (Å²) in [7, 11) is 1.43. The lowest BCUT2D eigenvalue weighted by atomic mass is 10.2. The molecule has 6 nitrogen and oxygen atoms in total. The van der Waals surface area contributed by atoms with Gasteiger partial charge in [-0.1, -0.05) is 0 Å². The highest BCUT2D eigenvalue weighted by Gasteiger charge is 2.12. The van der Waals surface area contributed by atoms with Gasteiger partial charge in [0.25, 0.3) is 5.91 Å². The van der Waals surface area contributed by atoms with E-state index in [1.807, 2.05) is 0 Å². The number of hydrogen-bond donors (Lipinski definition) is 2. The average molecular weight is 250 g/mol. The topological polar surface area (TPSA) is 79.9 Å². The van der Waals surface area contributed by atoms with Gasteiger partial charge in [0.05, 0.1) is 19.2 Å². The molecule has 0 radical (unpaired) electrons. The lowest BCUT2D eigenvalue weighted by Crippen LogP contribution is -2.24. The summed E-state index contributed by atoms with van der Waals surface area (Å²) in [5.74, 6) is -0.299. The Kier molecular flexibility index (Phi) is 3.52. The van der Waals surface area contributed by atoms with E-state index in [0.29, 0.717) is 11.6 Å². The Morgan fingerprint density at radius 1 is 1.56 bits per heavy atom. The van der Waals surface area contributed by atoms with E-state index in [2.05, 4.69) is 20.5 Å². The van der Waals surface area contributed by atoms with E-state index in [1.54, 1.807) is 0 Å². The summed E-state index contributed by atoms with van der Waals surface area (Å²) >= 11 is 0. The van der Waals surface area contributed by atoms with Crippen LogP contribution in [0.2, 0.25) is 0 Å². The van der Waals surface area contributed by atoms with Gasteiger partial charge in [-0.3, -0.25) is 9.89 Å². The fourth-order valence-electron chi connectivity index (χ4n) is 1.38. The Balaban J connectivity index is 2.04. The Bertz CT molecular complexity index is 542. The Labute approximate surface area is 102 Å². The summed E-state index contributed by atoms with van der Waals surface area (Å²) in [6, 6.07) is 4.04. The van der Waals surface area contributed by atoms with Crippen LogP contribution in [-0.2, 0) is 6.54 Å². The van der Waals surface area contributed by atoms with Crippen molar-refractivity contribution < 1.29 is 13.9 Å². The molecule has 7 heteroatoms. The summed E-state index contributed by atoms with van der Waals surface area (Å²) in [6.45, 7) is 0.157. The number of aromatic nitrogens is 3. The molecule has 18 heavy (non-hydrogen) atoms. The van der Waals surface area contributed by atoms with Gasteiger partial charge in [-0.15, -0.1) is 0 Å². The smallest absolute Gasteiger partial charge is 0.254 e. The van der Waals surface area contributed by atoms with Crippen LogP contribution in [0, 0.1) is 5.82 Å². The standard InChI is InChI=1S/C11H11FN4O2/c1-18-7-2-3-8(9(12)4-7)11(17)13-5-10-14-6-15-16-10/h2-4,6H,5H2,1H3,(H,13,17)(H,14,15,16). The number of amides is 1. The number of ether oxygens (including phenoxy) is 1. The van der Waals surface area contributed by atoms with Crippen molar-refractivity contribution in [3.8, 4) is 5.75 Å². The van der Waals surface area contributed by atoms with Crippen molar-refractivity contribution in [2.45, 2.75) is 6.54 Å². The SMILES string of the molecule is COc1ccc(C(=O)NCc2ncn[nH]2)c(F)c1. The number of nitrogens with zero attached hydrogens (tertiary/aromatic N) is 2. The highest BCUT2D eigenvalue weighted by molar-refractivity contribution is 5.94. The molecule has 0 bridgehead atoms. The van der Waals surface area contributed by atoms with Crippen LogP contribution in [0.15, 0.2) is 24.5 Å². The molecule has 94 valence electrons. The number of benzene rings is 1. The molecule has 2 N–H and O–H groups in total. The third kappa shape index (κ3) is 2.62. The first-order valence-corrected chi connectivity index (χ1v) is 5.16. The van der Waals surface area contributed by atoms with E-state index < -0.39 is 11.7 Å². The molecule has 1 amide bonds. The maximum Gasteiger partial charge on any atom is 0.254 e. The molecule has 0 saturated carbocycles. The van der Waals surface area contributed by atoms with E-state index in [0.717, 1.165) is 6.07 Å². The number of aromatic amines is 1. The average Bonchev–Trinajstić information content (AvgIpc) is 2.88. The third-order valence-corrected chi connectivity index (χ3v) is 2.30. The predicted octanol–water partition coefficient (Wildman–Crippen LogP) is 0.882. The van der Waals surface area contributed by atoms with E-state index in [4.69, 9.17) is 4.74 Å². The molecule has 0 unspecified atom stereocenters. The fraction of sp³-hybridized carbons (Fsp3) is 0.182. The summed E-state index contributed by atoms with van der Waals surface area (Å²) in [6.07, 6.45) is 1.33. The number of methoxy groups -OCH3 is 1. The largest absolute Gasteiger partial charge is 0.497 e. The number of carbonyl (C=O) groups is 1. The van der Waals surface area contributed by atoms with Crippen molar-refractivity contribution >= 4 is 5.91 Å². The molecule has 0 aliphatic rings. The number of H-pyrrole nitrogens is 1. The lowest BCUT2D eigenvalue weighted by molar-refractivity contribution is 0.0946. The van der Waals surface area contributed by atoms with Crippen LogP contribution in [0.1, 0.15) is 16.2 Å². The second kappa shape index (κ2) is 5.26. The first-order valence-electron chi connectivity index (χ1n) is 5.16. The van der Waals surface area contributed by atoms with Crippen molar-refractivity contribution in [2.75, 3.05) is 7.11 Å². The minimum Gasteiger partial charge on any atom is -0.497 e. The van der Waals surface area contributed by atoms with Gasteiger partial charge in [0, 0.05) is 6.07 Å². The molecule has 2 rings (SSSR count). The summed E-state index contributed by atoms with van der Waals surface area (Å²) in [4.78, 5) is 15.5. The zero-order valence-electron chi connectivity index (χ0n) is 9.61. The number of hydrogen-bond acceptors (Lipinski definition) is 4. The van der Waals surface area contributed by atoms with E-state index in [9.17, 15) is 9.18 Å². The molecular formula is C11H11FN4O2. The number of halogens is 1. The van der Waals surface area contributed by atoms with Crippen LogP contribution in [-0.4, -0.2) is 28.2 Å². The fourth-order valence-corrected chi connectivity index (χ4v) is 1.38. The molecule has 1 heterocycles. The van der Waals surface area contributed by atoms with Crippen molar-refractivity contribution in [3.05, 3.63) is 41.7 Å². The maximum atomic E-state index is 13.6. The molecule has 1 aromatic carbocycles. The summed E-state index contributed by atoms with van der Waals surface area (Å²) < 4.78 is 18.4. The van der Waals surface area contributed by atoms with Gasteiger partial charge in [0.15, 0.2) is 0 Å². The van der Waals surface area contributed by atoms with Gasteiger partial charge >= 0.3 is 0 Å². The highest BCUT2D eigenvalue weighted by atomic mass is 19.1. The molecule has 0 aliphatic heterocycles. The van der Waals surface area contributed by atoms with Gasteiger partial charge in [0.1, 0.15) is 23.7 Å². The molecule has 1 aromatic heterocycles. The van der Waals surface area contributed by atoms with Gasteiger partial charge in [0.2, 0.25) is 0 Å². The van der Waals surface area contributed by atoms with Gasteiger partial charge in [-0.2, -0.15) is 5.10 Å². The molecule has 0 aliphatic carbocycles. The summed E-state index contributed by atoms with van der Waals surface area (Å²) in [5, 5.41) is 8.75. The third-order valence-electron chi connectivity index (χ3n) is 2.30. The molecule has 2 aromatic rings. The second-order valence-corrected chi connectivity index (χ2v) is 3.46. The zero-order valence-corrected chi connectivity index (χ0v) is 9.61. The quantitative estimate of drug-likeness (QED) is 0.844. The van der Waals surface area contributed by atoms with Crippen LogP contribution in [0.3, 0.4) is 0 Å². The van der Waals surface area contributed by atoms with Crippen LogP contribution in [0.5, 0.6) is 5.75 Å². The number of carbonyl (C=O) groups excluding carboxylic acids is 1.